The van der Waals surface area contributed by atoms with Crippen LogP contribution in [0.15, 0.2) is 10.7 Å². The summed E-state index contributed by atoms with van der Waals surface area (Å²) in [6.45, 7) is 6.78. The molecule has 0 aromatic carbocycles. The van der Waals surface area contributed by atoms with Crippen LogP contribution in [0.2, 0.25) is 0 Å². The zero-order valence-electron chi connectivity index (χ0n) is 12.9. The molecule has 1 aliphatic rings. The molecule has 2 N–H and O–H groups in total. The van der Waals surface area contributed by atoms with Crippen LogP contribution in [-0.4, -0.2) is 23.5 Å². The highest BCUT2D eigenvalue weighted by atomic mass is 16.4. The summed E-state index contributed by atoms with van der Waals surface area (Å²) in [4.78, 5) is 23.1. The maximum Gasteiger partial charge on any atom is 0.311 e. The molecule has 1 aromatic rings. The standard InChI is InChI=1S/C16H23NO4/c1-10(2)7-16(4-5-16)9-17-15(20)14-11(3)8-21-12(14)6-13(18)19/h8,10H,4-7,9H2,1-3H3,(H,17,20)(H,18,19). The molecule has 116 valence electrons. The quantitative estimate of drug-likeness (QED) is 0.810. The van der Waals surface area contributed by atoms with Crippen molar-refractivity contribution in [2.45, 2.75) is 46.5 Å². The summed E-state index contributed by atoms with van der Waals surface area (Å²) in [5.74, 6) is -0.391. The first-order valence-corrected chi connectivity index (χ1v) is 7.40. The molecule has 1 aliphatic carbocycles. The lowest BCUT2D eigenvalue weighted by Crippen LogP contribution is -2.31. The van der Waals surface area contributed by atoms with Gasteiger partial charge in [0.2, 0.25) is 0 Å². The van der Waals surface area contributed by atoms with Crippen molar-refractivity contribution in [3.05, 3.63) is 23.2 Å². The Morgan fingerprint density at radius 2 is 2.10 bits per heavy atom. The fraction of sp³-hybridized carbons (Fsp3) is 0.625. The minimum Gasteiger partial charge on any atom is -0.481 e. The first-order chi connectivity index (χ1) is 9.83. The number of carboxylic acid groups (broad SMARTS) is 1. The Kier molecular flexibility index (Phi) is 4.40. The normalized spacial score (nSPS) is 16.0. The van der Waals surface area contributed by atoms with Gasteiger partial charge in [-0.05, 0) is 37.5 Å². The molecule has 0 spiro atoms. The van der Waals surface area contributed by atoms with Crippen molar-refractivity contribution < 1.29 is 19.1 Å². The summed E-state index contributed by atoms with van der Waals surface area (Å²) in [6.07, 6.45) is 4.58. The molecule has 0 radical (unpaired) electrons. The van der Waals surface area contributed by atoms with E-state index in [4.69, 9.17) is 9.52 Å². The van der Waals surface area contributed by atoms with E-state index in [2.05, 4.69) is 19.2 Å². The number of aliphatic carboxylic acids is 1. The number of nitrogens with one attached hydrogen (secondary N) is 1. The van der Waals surface area contributed by atoms with E-state index in [0.29, 0.717) is 23.6 Å². The van der Waals surface area contributed by atoms with Crippen LogP contribution >= 0.6 is 0 Å². The van der Waals surface area contributed by atoms with Gasteiger partial charge in [0.05, 0.1) is 11.8 Å². The SMILES string of the molecule is Cc1coc(CC(=O)O)c1C(=O)NCC1(CC(C)C)CC1. The second-order valence-corrected chi connectivity index (χ2v) is 6.57. The molecule has 5 nitrogen and oxygen atoms in total. The lowest BCUT2D eigenvalue weighted by atomic mass is 9.94. The molecule has 5 heteroatoms. The van der Waals surface area contributed by atoms with Crippen LogP contribution in [0.25, 0.3) is 0 Å². The van der Waals surface area contributed by atoms with Crippen LogP contribution < -0.4 is 5.32 Å². The first kappa shape index (κ1) is 15.6. The molecule has 0 aliphatic heterocycles. The number of aryl methyl sites for hydroxylation is 1. The Hall–Kier alpha value is -1.78. The Bertz CT molecular complexity index is 540. The van der Waals surface area contributed by atoms with E-state index in [-0.39, 0.29) is 23.5 Å². The minimum absolute atomic E-state index is 0.228. The van der Waals surface area contributed by atoms with Gasteiger partial charge in [-0.3, -0.25) is 9.59 Å². The van der Waals surface area contributed by atoms with Gasteiger partial charge in [0.25, 0.3) is 5.91 Å². The van der Waals surface area contributed by atoms with Gasteiger partial charge in [-0.2, -0.15) is 0 Å². The van der Waals surface area contributed by atoms with Gasteiger partial charge in [0.1, 0.15) is 12.2 Å². The second kappa shape index (κ2) is 5.92. The van der Waals surface area contributed by atoms with Gasteiger partial charge >= 0.3 is 5.97 Å². The summed E-state index contributed by atoms with van der Waals surface area (Å²) in [6, 6.07) is 0. The molecule has 1 saturated carbocycles. The Morgan fingerprint density at radius 1 is 1.43 bits per heavy atom. The molecule has 0 saturated heterocycles. The van der Waals surface area contributed by atoms with E-state index in [1.807, 2.05) is 0 Å². The number of furan rings is 1. The fourth-order valence-corrected chi connectivity index (χ4v) is 2.92. The number of carbonyl (C=O) groups excluding carboxylic acids is 1. The van der Waals surface area contributed by atoms with Crippen LogP contribution in [0.4, 0.5) is 0 Å². The van der Waals surface area contributed by atoms with Gasteiger partial charge in [-0.25, -0.2) is 0 Å². The molecule has 2 rings (SSSR count). The lowest BCUT2D eigenvalue weighted by Gasteiger charge is -2.18. The van der Waals surface area contributed by atoms with Crippen molar-refractivity contribution >= 4 is 11.9 Å². The number of carboxylic acids is 1. The van der Waals surface area contributed by atoms with Gasteiger partial charge in [0, 0.05) is 12.1 Å². The third-order valence-corrected chi connectivity index (χ3v) is 4.01. The van der Waals surface area contributed by atoms with E-state index in [1.165, 1.54) is 6.26 Å². The minimum atomic E-state index is -1.00. The van der Waals surface area contributed by atoms with Crippen LogP contribution in [-0.2, 0) is 11.2 Å². The highest BCUT2D eigenvalue weighted by Crippen LogP contribution is 2.50. The molecule has 1 heterocycles. The summed E-state index contributed by atoms with van der Waals surface area (Å²) in [7, 11) is 0. The lowest BCUT2D eigenvalue weighted by molar-refractivity contribution is -0.136. The molecule has 0 unspecified atom stereocenters. The third kappa shape index (κ3) is 3.86. The highest BCUT2D eigenvalue weighted by Gasteiger charge is 2.43. The summed E-state index contributed by atoms with van der Waals surface area (Å²) < 4.78 is 5.20. The van der Waals surface area contributed by atoms with Gasteiger partial charge in [-0.1, -0.05) is 13.8 Å². The third-order valence-electron chi connectivity index (χ3n) is 4.01. The fourth-order valence-electron chi connectivity index (χ4n) is 2.92. The van der Waals surface area contributed by atoms with E-state index in [1.54, 1.807) is 6.92 Å². The summed E-state index contributed by atoms with van der Waals surface area (Å²) in [5, 5.41) is 11.8. The van der Waals surface area contributed by atoms with Crippen LogP contribution in [0.3, 0.4) is 0 Å². The second-order valence-electron chi connectivity index (χ2n) is 6.57. The molecule has 1 amide bonds. The number of hydrogen-bond donors (Lipinski definition) is 2. The Labute approximate surface area is 124 Å². The number of carbonyl (C=O) groups is 2. The van der Waals surface area contributed by atoms with Gasteiger partial charge in [-0.15, -0.1) is 0 Å². The monoisotopic (exact) mass is 293 g/mol. The molecule has 0 bridgehead atoms. The van der Waals surface area contributed by atoms with Crippen LogP contribution in [0, 0.1) is 18.3 Å². The zero-order chi connectivity index (χ0) is 15.6. The van der Waals surface area contributed by atoms with Crippen molar-refractivity contribution in [2.75, 3.05) is 6.54 Å². The average molecular weight is 293 g/mol. The van der Waals surface area contributed by atoms with Gasteiger partial charge in [0.15, 0.2) is 0 Å². The van der Waals surface area contributed by atoms with E-state index < -0.39 is 5.97 Å². The average Bonchev–Trinajstić information content (AvgIpc) is 3.03. The van der Waals surface area contributed by atoms with E-state index in [0.717, 1.165) is 19.3 Å². The number of amides is 1. The number of hydrogen-bond acceptors (Lipinski definition) is 3. The molecule has 0 atom stereocenters. The van der Waals surface area contributed by atoms with Crippen molar-refractivity contribution in [2.24, 2.45) is 11.3 Å². The largest absolute Gasteiger partial charge is 0.481 e. The van der Waals surface area contributed by atoms with Crippen molar-refractivity contribution in [1.82, 2.24) is 5.32 Å². The highest BCUT2D eigenvalue weighted by molar-refractivity contribution is 5.97. The molecule has 1 aromatic heterocycles. The molecular weight excluding hydrogens is 270 g/mol. The van der Waals surface area contributed by atoms with E-state index in [9.17, 15) is 9.59 Å². The topological polar surface area (TPSA) is 79.5 Å². The van der Waals surface area contributed by atoms with E-state index >= 15 is 0 Å². The zero-order valence-corrected chi connectivity index (χ0v) is 12.9. The molecule has 21 heavy (non-hydrogen) atoms. The van der Waals surface area contributed by atoms with Crippen molar-refractivity contribution in [1.29, 1.82) is 0 Å². The molecule has 1 fully saturated rings. The van der Waals surface area contributed by atoms with Crippen LogP contribution in [0.5, 0.6) is 0 Å². The maximum atomic E-state index is 12.3. The van der Waals surface area contributed by atoms with Crippen LogP contribution in [0.1, 0.15) is 54.8 Å². The number of rotatable bonds is 7. The summed E-state index contributed by atoms with van der Waals surface area (Å²) in [5.41, 5.74) is 1.30. The summed E-state index contributed by atoms with van der Waals surface area (Å²) >= 11 is 0. The van der Waals surface area contributed by atoms with Crippen molar-refractivity contribution in [3.8, 4) is 0 Å². The predicted octanol–water partition coefficient (Wildman–Crippen LogP) is 2.77. The Morgan fingerprint density at radius 3 is 2.62 bits per heavy atom. The smallest absolute Gasteiger partial charge is 0.311 e. The molecular formula is C16H23NO4. The maximum absolute atomic E-state index is 12.3. The van der Waals surface area contributed by atoms with Crippen molar-refractivity contribution in [3.63, 3.8) is 0 Å². The van der Waals surface area contributed by atoms with Gasteiger partial charge < -0.3 is 14.8 Å². The first-order valence-electron chi connectivity index (χ1n) is 7.40. The predicted molar refractivity (Wildman–Crippen MR) is 78.2 cm³/mol. The Balaban J connectivity index is 2.01.